The van der Waals surface area contributed by atoms with Gasteiger partial charge in [-0.3, -0.25) is 4.99 Å². The van der Waals surface area contributed by atoms with Crippen molar-refractivity contribution < 1.29 is 39.1 Å². The molecule has 1 aromatic rings. The van der Waals surface area contributed by atoms with E-state index in [1.165, 1.54) is 30.8 Å². The molecular weight excluding hydrogens is 390 g/mol. The minimum atomic E-state index is -1.27. The third-order valence-electron chi connectivity index (χ3n) is 3.89. The highest BCUT2D eigenvalue weighted by atomic mass is 32.2. The van der Waals surface area contributed by atoms with Crippen LogP contribution in [0.15, 0.2) is 17.1 Å². The molecule has 0 saturated carbocycles. The Morgan fingerprint density at radius 1 is 1.14 bits per heavy atom. The summed E-state index contributed by atoms with van der Waals surface area (Å²) >= 11 is 1.20. The topological polar surface area (TPSA) is 127 Å². The number of nitrogens with zero attached hydrogens (tertiary/aromatic N) is 1. The van der Waals surface area contributed by atoms with Gasteiger partial charge in [-0.15, -0.1) is 11.8 Å². The SMILES string of the molecule is COCCOCCOCCOc1cc(O)c(O)c(C2=NC(C)(C(=O)O)CS2)c1. The Kier molecular flexibility index (Phi) is 8.36. The molecule has 0 spiro atoms. The van der Waals surface area contributed by atoms with Crippen LogP contribution >= 0.6 is 11.8 Å². The molecule has 0 aliphatic carbocycles. The molecule has 0 radical (unpaired) electrons. The summed E-state index contributed by atoms with van der Waals surface area (Å²) in [6, 6.07) is 2.80. The molecule has 0 bridgehead atoms. The van der Waals surface area contributed by atoms with E-state index in [1.54, 1.807) is 7.11 Å². The number of aromatic hydroxyl groups is 2. The van der Waals surface area contributed by atoms with Crippen LogP contribution < -0.4 is 4.74 Å². The standard InChI is InChI=1S/C18H25NO8S/c1-18(17(22)23)11-28-16(19-18)13-9-12(10-14(20)15(13)21)27-8-7-26-6-5-25-4-3-24-2/h9-10,20-21H,3-8,11H2,1-2H3,(H,22,23). The first-order valence-corrected chi connectivity index (χ1v) is 9.65. The van der Waals surface area contributed by atoms with E-state index in [9.17, 15) is 20.1 Å². The van der Waals surface area contributed by atoms with Crippen molar-refractivity contribution in [2.75, 3.05) is 52.5 Å². The summed E-state index contributed by atoms with van der Waals surface area (Å²) in [5.41, 5.74) is -1.03. The Morgan fingerprint density at radius 3 is 2.39 bits per heavy atom. The van der Waals surface area contributed by atoms with Crippen LogP contribution in [0.1, 0.15) is 12.5 Å². The molecule has 1 unspecified atom stereocenters. The van der Waals surface area contributed by atoms with E-state index in [0.717, 1.165) is 0 Å². The smallest absolute Gasteiger partial charge is 0.332 e. The zero-order valence-corrected chi connectivity index (χ0v) is 16.7. The van der Waals surface area contributed by atoms with Crippen LogP contribution in [0.4, 0.5) is 0 Å². The second-order valence-electron chi connectivity index (χ2n) is 6.19. The molecule has 9 nitrogen and oxygen atoms in total. The first-order chi connectivity index (χ1) is 13.4. The summed E-state index contributed by atoms with van der Waals surface area (Å²) in [4.78, 5) is 15.5. The molecule has 0 fully saturated rings. The van der Waals surface area contributed by atoms with E-state index >= 15 is 0 Å². The summed E-state index contributed by atoms with van der Waals surface area (Å²) in [5, 5.41) is 29.7. The molecule has 1 aliphatic heterocycles. The Hall–Kier alpha value is -2.01. The molecule has 1 aliphatic rings. The van der Waals surface area contributed by atoms with Crippen molar-refractivity contribution in [3.05, 3.63) is 17.7 Å². The molecule has 10 heteroatoms. The zero-order chi connectivity index (χ0) is 20.6. The Balaban J connectivity index is 1.89. The molecule has 0 saturated heterocycles. The first-order valence-electron chi connectivity index (χ1n) is 8.67. The summed E-state index contributed by atoms with van der Waals surface area (Å²) in [5.74, 6) is -1.22. The van der Waals surface area contributed by atoms with E-state index in [2.05, 4.69) is 4.99 Å². The molecule has 1 heterocycles. The van der Waals surface area contributed by atoms with Gasteiger partial charge in [0.05, 0.1) is 38.6 Å². The molecule has 28 heavy (non-hydrogen) atoms. The minimum Gasteiger partial charge on any atom is -0.504 e. The molecular formula is C18H25NO8S. The van der Waals surface area contributed by atoms with E-state index in [1.807, 2.05) is 0 Å². The highest BCUT2D eigenvalue weighted by Crippen LogP contribution is 2.40. The first kappa shape index (κ1) is 22.3. The molecule has 1 atom stereocenters. The van der Waals surface area contributed by atoms with Gasteiger partial charge in [-0.1, -0.05) is 0 Å². The highest BCUT2D eigenvalue weighted by molar-refractivity contribution is 8.14. The van der Waals surface area contributed by atoms with Crippen molar-refractivity contribution >= 4 is 22.8 Å². The number of thioether (sulfide) groups is 1. The Bertz CT molecular complexity index is 711. The predicted molar refractivity (Wildman–Crippen MR) is 104 cm³/mol. The van der Waals surface area contributed by atoms with Crippen molar-refractivity contribution in [1.29, 1.82) is 0 Å². The van der Waals surface area contributed by atoms with Gasteiger partial charge in [0, 0.05) is 18.9 Å². The normalized spacial score (nSPS) is 18.9. The number of benzene rings is 1. The van der Waals surface area contributed by atoms with Crippen LogP contribution in [0, 0.1) is 0 Å². The number of aliphatic imine (C=N–C) groups is 1. The maximum absolute atomic E-state index is 11.3. The molecule has 3 N–H and O–H groups in total. The number of methoxy groups -OCH3 is 1. The third-order valence-corrected chi connectivity index (χ3v) is 5.18. The summed E-state index contributed by atoms with van der Waals surface area (Å²) in [6.45, 7) is 3.96. The maximum atomic E-state index is 11.3. The number of phenols is 2. The van der Waals surface area contributed by atoms with E-state index in [-0.39, 0.29) is 29.4 Å². The molecule has 0 aromatic heterocycles. The van der Waals surface area contributed by atoms with Gasteiger partial charge in [-0.2, -0.15) is 0 Å². The quantitative estimate of drug-likeness (QED) is 0.344. The van der Waals surface area contributed by atoms with E-state index in [4.69, 9.17) is 18.9 Å². The van der Waals surface area contributed by atoms with Crippen LogP contribution in [-0.4, -0.2) is 84.4 Å². The third kappa shape index (κ3) is 5.99. The van der Waals surface area contributed by atoms with Crippen LogP contribution in [-0.2, 0) is 19.0 Å². The number of carboxylic acids is 1. The number of hydrogen-bond acceptors (Lipinski definition) is 9. The average Bonchev–Trinajstić information content (AvgIpc) is 3.06. The van der Waals surface area contributed by atoms with Gasteiger partial charge in [-0.05, 0) is 13.0 Å². The van der Waals surface area contributed by atoms with Crippen LogP contribution in [0.2, 0.25) is 0 Å². The maximum Gasteiger partial charge on any atom is 0.332 e. The van der Waals surface area contributed by atoms with E-state index < -0.39 is 11.5 Å². The molecule has 1 aromatic carbocycles. The van der Waals surface area contributed by atoms with Crippen molar-refractivity contribution in [3.63, 3.8) is 0 Å². The van der Waals surface area contributed by atoms with Gasteiger partial charge in [0.2, 0.25) is 0 Å². The fourth-order valence-electron chi connectivity index (χ4n) is 2.27. The molecule has 0 amide bonds. The number of carboxylic acid groups (broad SMARTS) is 1. The van der Waals surface area contributed by atoms with Crippen LogP contribution in [0.25, 0.3) is 0 Å². The fourth-order valence-corrected chi connectivity index (χ4v) is 3.45. The average molecular weight is 415 g/mol. The van der Waals surface area contributed by atoms with Gasteiger partial charge in [0.25, 0.3) is 0 Å². The lowest BCUT2D eigenvalue weighted by Gasteiger charge is -2.12. The lowest BCUT2D eigenvalue weighted by atomic mass is 10.1. The number of carbonyl (C=O) groups is 1. The Morgan fingerprint density at radius 2 is 1.79 bits per heavy atom. The molecule has 156 valence electrons. The van der Waals surface area contributed by atoms with Gasteiger partial charge in [0.1, 0.15) is 17.4 Å². The minimum absolute atomic E-state index is 0.230. The monoisotopic (exact) mass is 415 g/mol. The van der Waals surface area contributed by atoms with Gasteiger partial charge >= 0.3 is 5.97 Å². The van der Waals surface area contributed by atoms with Gasteiger partial charge in [0.15, 0.2) is 17.0 Å². The van der Waals surface area contributed by atoms with Gasteiger partial charge in [-0.25, -0.2) is 4.79 Å². The second-order valence-corrected chi connectivity index (χ2v) is 7.15. The lowest BCUT2D eigenvalue weighted by Crippen LogP contribution is -2.33. The largest absolute Gasteiger partial charge is 0.504 e. The number of rotatable bonds is 12. The van der Waals surface area contributed by atoms with Crippen molar-refractivity contribution in [2.24, 2.45) is 4.99 Å². The van der Waals surface area contributed by atoms with E-state index in [0.29, 0.717) is 43.8 Å². The van der Waals surface area contributed by atoms with Crippen molar-refractivity contribution in [2.45, 2.75) is 12.5 Å². The molecule has 2 rings (SSSR count). The zero-order valence-electron chi connectivity index (χ0n) is 15.8. The Labute approximate surface area is 167 Å². The van der Waals surface area contributed by atoms with Crippen molar-refractivity contribution in [1.82, 2.24) is 0 Å². The number of phenolic OH excluding ortho intramolecular Hbond substituents is 2. The highest BCUT2D eigenvalue weighted by Gasteiger charge is 2.39. The number of aliphatic carboxylic acids is 1. The predicted octanol–water partition coefficient (Wildman–Crippen LogP) is 1.49. The number of hydrogen-bond donors (Lipinski definition) is 3. The summed E-state index contributed by atoms with van der Waals surface area (Å²) in [6.07, 6.45) is 0. The summed E-state index contributed by atoms with van der Waals surface area (Å²) < 4.78 is 21.1. The van der Waals surface area contributed by atoms with Crippen LogP contribution in [0.3, 0.4) is 0 Å². The lowest BCUT2D eigenvalue weighted by molar-refractivity contribution is -0.141. The number of ether oxygens (including phenoxy) is 4. The van der Waals surface area contributed by atoms with Crippen LogP contribution in [0.5, 0.6) is 17.2 Å². The van der Waals surface area contributed by atoms with Crippen molar-refractivity contribution in [3.8, 4) is 17.2 Å². The fraction of sp³-hybridized carbons (Fsp3) is 0.556. The van der Waals surface area contributed by atoms with Gasteiger partial charge < -0.3 is 34.3 Å². The second kappa shape index (κ2) is 10.5. The summed E-state index contributed by atoms with van der Waals surface area (Å²) in [7, 11) is 1.60.